The molecule has 28 heavy (non-hydrogen) atoms. The van der Waals surface area contributed by atoms with Gasteiger partial charge < -0.3 is 25.0 Å². The van der Waals surface area contributed by atoms with Gasteiger partial charge in [0, 0.05) is 32.6 Å². The summed E-state index contributed by atoms with van der Waals surface area (Å²) < 4.78 is 10.8. The van der Waals surface area contributed by atoms with Crippen LogP contribution >= 0.6 is 24.0 Å². The summed E-state index contributed by atoms with van der Waals surface area (Å²) in [4.78, 5) is 18.2. The highest BCUT2D eigenvalue weighted by molar-refractivity contribution is 14.0. The van der Waals surface area contributed by atoms with E-state index in [-0.39, 0.29) is 24.0 Å². The van der Waals surface area contributed by atoms with Crippen LogP contribution < -0.4 is 20.1 Å². The van der Waals surface area contributed by atoms with Crippen molar-refractivity contribution in [3.8, 4) is 11.5 Å². The predicted molar refractivity (Wildman–Crippen MR) is 123 cm³/mol. The van der Waals surface area contributed by atoms with Crippen LogP contribution in [-0.4, -0.2) is 63.2 Å². The number of nitrogens with one attached hydrogen (secondary N) is 2. The molecule has 0 spiro atoms. The van der Waals surface area contributed by atoms with E-state index >= 15 is 0 Å². The fourth-order valence-electron chi connectivity index (χ4n) is 3.22. The van der Waals surface area contributed by atoms with Crippen LogP contribution in [0.1, 0.15) is 32.6 Å². The minimum absolute atomic E-state index is 0. The molecule has 1 aliphatic heterocycles. The number of guanidine groups is 1. The minimum atomic E-state index is 0. The van der Waals surface area contributed by atoms with E-state index in [0.717, 1.165) is 49.8 Å². The fourth-order valence-corrected chi connectivity index (χ4v) is 3.22. The molecule has 1 atom stereocenters. The van der Waals surface area contributed by atoms with Gasteiger partial charge in [0.2, 0.25) is 5.91 Å². The summed E-state index contributed by atoms with van der Waals surface area (Å²) >= 11 is 0. The molecule has 0 aromatic heterocycles. The number of methoxy groups -OCH3 is 1. The summed E-state index contributed by atoms with van der Waals surface area (Å²) in [5, 5.41) is 6.56. The second kappa shape index (κ2) is 13.5. The van der Waals surface area contributed by atoms with Gasteiger partial charge in [-0.2, -0.15) is 0 Å². The molecule has 7 nitrogen and oxygen atoms in total. The Kier molecular flexibility index (Phi) is 11.7. The average molecular weight is 504 g/mol. The van der Waals surface area contributed by atoms with Gasteiger partial charge in [-0.05, 0) is 43.5 Å². The lowest BCUT2D eigenvalue weighted by molar-refractivity contribution is -0.129. The molecule has 1 heterocycles. The third kappa shape index (κ3) is 7.73. The highest BCUT2D eigenvalue weighted by atomic mass is 127. The summed E-state index contributed by atoms with van der Waals surface area (Å²) in [6.07, 6.45) is 3.59. The molecule has 1 aromatic carbocycles. The number of amides is 1. The zero-order chi connectivity index (χ0) is 19.5. The maximum Gasteiger partial charge on any atom is 0.222 e. The Morgan fingerprint density at radius 1 is 1.21 bits per heavy atom. The number of hydrogen-bond donors (Lipinski definition) is 2. The van der Waals surface area contributed by atoms with E-state index in [9.17, 15) is 4.79 Å². The van der Waals surface area contributed by atoms with E-state index in [0.29, 0.717) is 31.5 Å². The molecule has 0 aliphatic carbocycles. The second-order valence-corrected chi connectivity index (χ2v) is 6.49. The van der Waals surface area contributed by atoms with Crippen LogP contribution in [0.4, 0.5) is 0 Å². The molecule has 1 fully saturated rings. The summed E-state index contributed by atoms with van der Waals surface area (Å²) in [5.41, 5.74) is 0. The number of halogens is 1. The molecule has 0 saturated carbocycles. The maximum absolute atomic E-state index is 11.9. The van der Waals surface area contributed by atoms with E-state index in [1.54, 1.807) is 14.2 Å². The van der Waals surface area contributed by atoms with Gasteiger partial charge in [-0.3, -0.25) is 9.79 Å². The Morgan fingerprint density at radius 3 is 2.46 bits per heavy atom. The molecule has 1 amide bonds. The number of benzene rings is 1. The molecule has 1 unspecified atom stereocenters. The molecular formula is C20H33IN4O3. The van der Waals surface area contributed by atoms with E-state index in [2.05, 4.69) is 22.5 Å². The van der Waals surface area contributed by atoms with Crippen molar-refractivity contribution in [3.63, 3.8) is 0 Å². The number of aliphatic imine (C=N–C) groups is 1. The summed E-state index contributed by atoms with van der Waals surface area (Å²) in [6.45, 7) is 4.99. The van der Waals surface area contributed by atoms with Crippen LogP contribution in [0.5, 0.6) is 11.5 Å². The Labute approximate surface area is 185 Å². The van der Waals surface area contributed by atoms with Gasteiger partial charge in [-0.15, -0.1) is 24.0 Å². The number of carbonyl (C=O) groups excluding carboxylic acids is 1. The summed E-state index contributed by atoms with van der Waals surface area (Å²) in [5.74, 6) is 2.66. The number of hydrogen-bond acceptors (Lipinski definition) is 4. The number of carbonyl (C=O) groups is 1. The molecular weight excluding hydrogens is 471 g/mol. The number of rotatable bonds is 10. The molecule has 0 radical (unpaired) electrons. The van der Waals surface area contributed by atoms with Gasteiger partial charge in [0.25, 0.3) is 0 Å². The largest absolute Gasteiger partial charge is 0.497 e. The van der Waals surface area contributed by atoms with Crippen LogP contribution in [-0.2, 0) is 4.79 Å². The van der Waals surface area contributed by atoms with E-state index in [4.69, 9.17) is 9.47 Å². The van der Waals surface area contributed by atoms with Crippen molar-refractivity contribution < 1.29 is 14.3 Å². The SMILES string of the molecule is CCC(CCNC(=NC)NCCOc1ccc(OC)cc1)N1CCCC1=O.I. The van der Waals surface area contributed by atoms with Crippen molar-refractivity contribution in [1.29, 1.82) is 0 Å². The molecule has 1 aromatic rings. The van der Waals surface area contributed by atoms with Gasteiger partial charge >= 0.3 is 0 Å². The monoisotopic (exact) mass is 504 g/mol. The third-order valence-electron chi connectivity index (χ3n) is 4.74. The highest BCUT2D eigenvalue weighted by Gasteiger charge is 2.26. The van der Waals surface area contributed by atoms with E-state index < -0.39 is 0 Å². The normalized spacial score (nSPS) is 15.0. The van der Waals surface area contributed by atoms with Crippen molar-refractivity contribution in [3.05, 3.63) is 24.3 Å². The van der Waals surface area contributed by atoms with Crippen molar-refractivity contribution in [2.45, 2.75) is 38.6 Å². The molecule has 0 bridgehead atoms. The van der Waals surface area contributed by atoms with E-state index in [1.165, 1.54) is 0 Å². The summed E-state index contributed by atoms with van der Waals surface area (Å²) in [6, 6.07) is 7.83. The molecule has 158 valence electrons. The van der Waals surface area contributed by atoms with Gasteiger partial charge in [-0.25, -0.2) is 0 Å². The van der Waals surface area contributed by atoms with Crippen LogP contribution in [0.2, 0.25) is 0 Å². The van der Waals surface area contributed by atoms with E-state index in [1.807, 2.05) is 29.2 Å². The van der Waals surface area contributed by atoms with Crippen LogP contribution in [0.25, 0.3) is 0 Å². The average Bonchev–Trinajstić information content (AvgIpc) is 3.13. The molecule has 1 aliphatic rings. The smallest absolute Gasteiger partial charge is 0.222 e. The lowest BCUT2D eigenvalue weighted by Crippen LogP contribution is -2.42. The van der Waals surface area contributed by atoms with Gasteiger partial charge in [-0.1, -0.05) is 6.92 Å². The zero-order valence-corrected chi connectivity index (χ0v) is 19.4. The number of likely N-dealkylation sites (tertiary alicyclic amines) is 1. The standard InChI is InChI=1S/C20H32N4O3.HI/c1-4-16(24-14-5-6-19(24)25)11-12-22-20(21-2)23-13-15-27-18-9-7-17(26-3)8-10-18;/h7-10,16H,4-6,11-15H2,1-3H3,(H2,21,22,23);1H. The Balaban J connectivity index is 0.00000392. The van der Waals surface area contributed by atoms with Crippen molar-refractivity contribution in [2.75, 3.05) is 40.4 Å². The van der Waals surface area contributed by atoms with Gasteiger partial charge in [0.15, 0.2) is 5.96 Å². The third-order valence-corrected chi connectivity index (χ3v) is 4.74. The minimum Gasteiger partial charge on any atom is -0.497 e. The lowest BCUT2D eigenvalue weighted by Gasteiger charge is -2.27. The summed E-state index contributed by atoms with van der Waals surface area (Å²) in [7, 11) is 3.39. The second-order valence-electron chi connectivity index (χ2n) is 6.49. The van der Waals surface area contributed by atoms with Gasteiger partial charge in [0.1, 0.15) is 18.1 Å². The first-order valence-corrected chi connectivity index (χ1v) is 9.68. The Bertz CT molecular complexity index is 610. The van der Waals surface area contributed by atoms with Crippen molar-refractivity contribution in [1.82, 2.24) is 15.5 Å². The quantitative estimate of drug-likeness (QED) is 0.222. The Morgan fingerprint density at radius 2 is 1.89 bits per heavy atom. The predicted octanol–water partition coefficient (Wildman–Crippen LogP) is 2.65. The lowest BCUT2D eigenvalue weighted by atomic mass is 10.1. The fraction of sp³-hybridized carbons (Fsp3) is 0.600. The molecule has 8 heteroatoms. The molecule has 2 N–H and O–H groups in total. The van der Waals surface area contributed by atoms with Crippen LogP contribution in [0, 0.1) is 0 Å². The van der Waals surface area contributed by atoms with Crippen molar-refractivity contribution in [2.24, 2.45) is 4.99 Å². The highest BCUT2D eigenvalue weighted by Crippen LogP contribution is 2.18. The Hall–Kier alpha value is -1.71. The maximum atomic E-state index is 11.9. The van der Waals surface area contributed by atoms with Crippen molar-refractivity contribution >= 4 is 35.8 Å². The van der Waals surface area contributed by atoms with Crippen LogP contribution in [0.3, 0.4) is 0 Å². The first kappa shape index (κ1) is 24.3. The van der Waals surface area contributed by atoms with Gasteiger partial charge in [0.05, 0.1) is 13.7 Å². The zero-order valence-electron chi connectivity index (χ0n) is 17.1. The number of nitrogens with zero attached hydrogens (tertiary/aromatic N) is 2. The van der Waals surface area contributed by atoms with Crippen LogP contribution in [0.15, 0.2) is 29.3 Å². The molecule has 1 saturated heterocycles. The first-order chi connectivity index (χ1) is 13.2. The topological polar surface area (TPSA) is 75.2 Å². The first-order valence-electron chi connectivity index (χ1n) is 9.68. The molecule has 2 rings (SSSR count). The number of ether oxygens (including phenoxy) is 2.